The van der Waals surface area contributed by atoms with Gasteiger partial charge in [0.05, 0.1) is 0 Å². The molecule has 1 aliphatic rings. The lowest BCUT2D eigenvalue weighted by Gasteiger charge is -2.33. The van der Waals surface area contributed by atoms with E-state index >= 15 is 0 Å². The summed E-state index contributed by atoms with van der Waals surface area (Å²) in [4.78, 5) is 24.9. The van der Waals surface area contributed by atoms with Gasteiger partial charge in [0.1, 0.15) is 6.04 Å². The van der Waals surface area contributed by atoms with Crippen LogP contribution in [0.2, 0.25) is 0 Å². The van der Waals surface area contributed by atoms with E-state index in [0.717, 1.165) is 29.7 Å². The van der Waals surface area contributed by atoms with Gasteiger partial charge in [-0.15, -0.1) is 0 Å². The molecule has 0 spiro atoms. The Balaban J connectivity index is 2.14. The van der Waals surface area contributed by atoms with Crippen LogP contribution in [0, 0.1) is 13.8 Å². The molecule has 1 heterocycles. The first kappa shape index (κ1) is 14.4. The van der Waals surface area contributed by atoms with Gasteiger partial charge in [-0.25, -0.2) is 9.59 Å². The number of carbonyl (C=O) groups excluding carboxylic acids is 1. The Morgan fingerprint density at radius 1 is 1.30 bits per heavy atom. The molecule has 5 nitrogen and oxygen atoms in total. The molecular weight excluding hydrogens is 256 g/mol. The van der Waals surface area contributed by atoms with Crippen LogP contribution in [0.25, 0.3) is 0 Å². The summed E-state index contributed by atoms with van der Waals surface area (Å²) in [5.41, 5.74) is 2.76. The lowest BCUT2D eigenvalue weighted by atomic mass is 10.0. The molecule has 1 aliphatic heterocycles. The number of nitrogens with one attached hydrogen (secondary N) is 1. The van der Waals surface area contributed by atoms with E-state index in [4.69, 9.17) is 0 Å². The van der Waals surface area contributed by atoms with Gasteiger partial charge >= 0.3 is 12.0 Å². The summed E-state index contributed by atoms with van der Waals surface area (Å²) in [6.45, 7) is 4.36. The van der Waals surface area contributed by atoms with Gasteiger partial charge in [-0.1, -0.05) is 12.1 Å². The number of nitrogens with zero attached hydrogens (tertiary/aromatic N) is 1. The van der Waals surface area contributed by atoms with Gasteiger partial charge in [0.2, 0.25) is 0 Å². The Morgan fingerprint density at radius 3 is 2.75 bits per heavy atom. The highest BCUT2D eigenvalue weighted by Crippen LogP contribution is 2.21. The number of amides is 2. The number of anilines is 1. The topological polar surface area (TPSA) is 69.6 Å². The number of carbonyl (C=O) groups is 2. The zero-order chi connectivity index (χ0) is 14.7. The molecule has 1 aromatic rings. The summed E-state index contributed by atoms with van der Waals surface area (Å²) in [6, 6.07) is 4.77. The molecule has 108 valence electrons. The second-order valence-electron chi connectivity index (χ2n) is 5.29. The maximum absolute atomic E-state index is 12.3. The van der Waals surface area contributed by atoms with Crippen LogP contribution in [-0.4, -0.2) is 34.6 Å². The summed E-state index contributed by atoms with van der Waals surface area (Å²) in [7, 11) is 0. The third-order valence-electron chi connectivity index (χ3n) is 3.68. The molecule has 0 bridgehead atoms. The van der Waals surface area contributed by atoms with E-state index in [1.54, 1.807) is 0 Å². The van der Waals surface area contributed by atoms with Crippen LogP contribution >= 0.6 is 0 Å². The molecule has 1 unspecified atom stereocenters. The molecule has 2 amide bonds. The second-order valence-corrected chi connectivity index (χ2v) is 5.29. The molecule has 0 radical (unpaired) electrons. The quantitative estimate of drug-likeness (QED) is 0.872. The van der Waals surface area contributed by atoms with E-state index in [9.17, 15) is 14.7 Å². The lowest BCUT2D eigenvalue weighted by molar-refractivity contribution is -0.143. The van der Waals surface area contributed by atoms with Crippen LogP contribution in [0.1, 0.15) is 30.4 Å². The molecule has 0 saturated carbocycles. The maximum Gasteiger partial charge on any atom is 0.326 e. The fourth-order valence-corrected chi connectivity index (χ4v) is 2.49. The number of hydrogen-bond acceptors (Lipinski definition) is 2. The lowest BCUT2D eigenvalue weighted by Crippen LogP contribution is -2.49. The van der Waals surface area contributed by atoms with Crippen molar-refractivity contribution in [1.82, 2.24) is 4.90 Å². The summed E-state index contributed by atoms with van der Waals surface area (Å²) in [5, 5.41) is 12.0. The molecule has 1 saturated heterocycles. The number of benzene rings is 1. The molecule has 5 heteroatoms. The van der Waals surface area contributed by atoms with Crippen molar-refractivity contribution in [3.05, 3.63) is 29.3 Å². The number of rotatable bonds is 2. The zero-order valence-corrected chi connectivity index (χ0v) is 11.8. The molecule has 1 fully saturated rings. The van der Waals surface area contributed by atoms with Crippen LogP contribution < -0.4 is 5.32 Å². The number of aryl methyl sites for hydroxylation is 2. The highest BCUT2D eigenvalue weighted by Gasteiger charge is 2.32. The Morgan fingerprint density at radius 2 is 2.05 bits per heavy atom. The van der Waals surface area contributed by atoms with E-state index in [0.29, 0.717) is 13.0 Å². The van der Waals surface area contributed by atoms with E-state index in [1.807, 2.05) is 32.0 Å². The first-order chi connectivity index (χ1) is 9.49. The van der Waals surface area contributed by atoms with Gasteiger partial charge in [-0.2, -0.15) is 0 Å². The van der Waals surface area contributed by atoms with Crippen LogP contribution in [0.5, 0.6) is 0 Å². The second kappa shape index (κ2) is 5.94. The van der Waals surface area contributed by atoms with E-state index in [2.05, 4.69) is 5.32 Å². The number of likely N-dealkylation sites (tertiary alicyclic amines) is 1. The minimum atomic E-state index is -0.930. The first-order valence-corrected chi connectivity index (χ1v) is 6.86. The summed E-state index contributed by atoms with van der Waals surface area (Å²) in [5.74, 6) is -0.930. The largest absolute Gasteiger partial charge is 0.480 e. The Kier molecular flexibility index (Phi) is 4.27. The van der Waals surface area contributed by atoms with Crippen molar-refractivity contribution in [2.45, 2.75) is 39.2 Å². The number of urea groups is 1. The molecule has 20 heavy (non-hydrogen) atoms. The van der Waals surface area contributed by atoms with Crippen molar-refractivity contribution in [2.75, 3.05) is 11.9 Å². The predicted molar refractivity (Wildman–Crippen MR) is 76.9 cm³/mol. The van der Waals surface area contributed by atoms with Crippen molar-refractivity contribution in [3.63, 3.8) is 0 Å². The monoisotopic (exact) mass is 276 g/mol. The minimum Gasteiger partial charge on any atom is -0.480 e. The number of aliphatic carboxylic acids is 1. The average molecular weight is 276 g/mol. The van der Waals surface area contributed by atoms with Gasteiger partial charge in [-0.3, -0.25) is 0 Å². The van der Waals surface area contributed by atoms with Crippen molar-refractivity contribution >= 4 is 17.7 Å². The van der Waals surface area contributed by atoms with E-state index in [-0.39, 0.29) is 6.03 Å². The number of carboxylic acids is 1. The summed E-state index contributed by atoms with van der Waals surface area (Å²) in [6.07, 6.45) is 2.23. The summed E-state index contributed by atoms with van der Waals surface area (Å²) >= 11 is 0. The number of hydrogen-bond donors (Lipinski definition) is 2. The van der Waals surface area contributed by atoms with Gasteiger partial charge in [0.25, 0.3) is 0 Å². The zero-order valence-electron chi connectivity index (χ0n) is 11.8. The smallest absolute Gasteiger partial charge is 0.326 e. The molecule has 1 atom stereocenters. The van der Waals surface area contributed by atoms with Crippen LogP contribution in [0.4, 0.5) is 10.5 Å². The van der Waals surface area contributed by atoms with E-state index < -0.39 is 12.0 Å². The van der Waals surface area contributed by atoms with Crippen LogP contribution in [0.15, 0.2) is 18.2 Å². The highest BCUT2D eigenvalue weighted by atomic mass is 16.4. The van der Waals surface area contributed by atoms with Gasteiger partial charge in [0, 0.05) is 12.2 Å². The normalized spacial score (nSPS) is 18.7. The molecular formula is C15H20N2O3. The highest BCUT2D eigenvalue weighted by molar-refractivity contribution is 5.93. The van der Waals surface area contributed by atoms with Crippen molar-refractivity contribution in [3.8, 4) is 0 Å². The Bertz CT molecular complexity index is 528. The van der Waals surface area contributed by atoms with Gasteiger partial charge < -0.3 is 15.3 Å². The fourth-order valence-electron chi connectivity index (χ4n) is 2.49. The predicted octanol–water partition coefficient (Wildman–Crippen LogP) is 2.77. The number of carboxylic acid groups (broad SMARTS) is 1. The first-order valence-electron chi connectivity index (χ1n) is 6.86. The molecule has 2 N–H and O–H groups in total. The number of piperidine rings is 1. The van der Waals surface area contributed by atoms with Crippen molar-refractivity contribution in [1.29, 1.82) is 0 Å². The van der Waals surface area contributed by atoms with Crippen molar-refractivity contribution < 1.29 is 14.7 Å². The SMILES string of the molecule is Cc1ccc(C)c(NC(=O)N2CCCCC2C(=O)O)c1. The van der Waals surface area contributed by atoms with Gasteiger partial charge in [-0.05, 0) is 50.3 Å². The Labute approximate surface area is 118 Å². The molecule has 1 aromatic carbocycles. The molecule has 0 aromatic heterocycles. The maximum atomic E-state index is 12.3. The standard InChI is InChI=1S/C15H20N2O3/c1-10-6-7-11(2)12(9-10)16-15(20)17-8-4-3-5-13(17)14(18)19/h6-7,9,13H,3-5,8H2,1-2H3,(H,16,20)(H,18,19). The summed E-state index contributed by atoms with van der Waals surface area (Å²) < 4.78 is 0. The fraction of sp³-hybridized carbons (Fsp3) is 0.467. The third kappa shape index (κ3) is 3.10. The molecule has 2 rings (SSSR count). The molecule has 0 aliphatic carbocycles. The van der Waals surface area contributed by atoms with E-state index in [1.165, 1.54) is 4.90 Å². The van der Waals surface area contributed by atoms with Crippen LogP contribution in [-0.2, 0) is 4.79 Å². The third-order valence-corrected chi connectivity index (χ3v) is 3.68. The van der Waals surface area contributed by atoms with Gasteiger partial charge in [0.15, 0.2) is 0 Å². The van der Waals surface area contributed by atoms with Crippen LogP contribution in [0.3, 0.4) is 0 Å². The minimum absolute atomic E-state index is 0.328. The Hall–Kier alpha value is -2.04. The average Bonchev–Trinajstić information content (AvgIpc) is 2.42. The van der Waals surface area contributed by atoms with Crippen molar-refractivity contribution in [2.24, 2.45) is 0 Å².